The molecule has 7 heteroatoms. The smallest absolute Gasteiger partial charge is 0.248 e. The average molecular weight is 277 g/mol. The first kappa shape index (κ1) is 14.1. The summed E-state index contributed by atoms with van der Waals surface area (Å²) in [4.78, 5) is 8.49. The number of hydrogen-bond donors (Lipinski definition) is 2. The minimum atomic E-state index is 0.358. The van der Waals surface area contributed by atoms with Crippen molar-refractivity contribution >= 4 is 5.96 Å². The van der Waals surface area contributed by atoms with Crippen molar-refractivity contribution in [3.63, 3.8) is 0 Å². The zero-order chi connectivity index (χ0) is 14.2. The molecule has 0 aliphatic carbocycles. The number of rotatable bonds is 6. The Morgan fingerprint density at radius 3 is 2.95 bits per heavy atom. The molecule has 0 amide bonds. The molecule has 0 radical (unpaired) electrons. The van der Waals surface area contributed by atoms with Crippen molar-refractivity contribution in [2.75, 3.05) is 13.1 Å². The van der Waals surface area contributed by atoms with Crippen LogP contribution < -0.4 is 10.6 Å². The number of nitrogens with zero attached hydrogens (tertiary/aromatic N) is 3. The van der Waals surface area contributed by atoms with Crippen LogP contribution in [0.4, 0.5) is 0 Å². The van der Waals surface area contributed by atoms with Gasteiger partial charge in [0.15, 0.2) is 11.8 Å². The largest absolute Gasteiger partial charge is 0.469 e. The summed E-state index contributed by atoms with van der Waals surface area (Å²) in [7, 11) is 0. The lowest BCUT2D eigenvalue weighted by atomic mass is 10.3. The fraction of sp³-hybridized carbons (Fsp3) is 0.462. The third kappa shape index (κ3) is 4.42. The van der Waals surface area contributed by atoms with Crippen LogP contribution in [-0.4, -0.2) is 29.2 Å². The Hall–Kier alpha value is -2.31. The molecular weight excluding hydrogens is 258 g/mol. The summed E-state index contributed by atoms with van der Waals surface area (Å²) >= 11 is 0. The second kappa shape index (κ2) is 7.32. The lowest BCUT2D eigenvalue weighted by molar-refractivity contribution is 0.376. The van der Waals surface area contributed by atoms with Crippen molar-refractivity contribution < 1.29 is 8.94 Å². The standard InChI is InChI=1S/C13H19N5O2/c1-3-14-13(15-7-6-11-5-4-8-19-11)16-9-12-17-10(2)18-20-12/h4-5,8H,3,6-7,9H2,1-2H3,(H2,14,15,16). The van der Waals surface area contributed by atoms with Gasteiger partial charge in [-0.3, -0.25) is 0 Å². The number of nitrogens with one attached hydrogen (secondary N) is 2. The van der Waals surface area contributed by atoms with E-state index in [2.05, 4.69) is 25.8 Å². The third-order valence-electron chi connectivity index (χ3n) is 2.53. The van der Waals surface area contributed by atoms with E-state index in [4.69, 9.17) is 8.94 Å². The number of furan rings is 1. The van der Waals surface area contributed by atoms with Crippen LogP contribution in [-0.2, 0) is 13.0 Å². The molecule has 2 rings (SSSR count). The molecule has 20 heavy (non-hydrogen) atoms. The van der Waals surface area contributed by atoms with E-state index in [1.165, 1.54) is 0 Å². The van der Waals surface area contributed by atoms with Crippen LogP contribution in [0, 0.1) is 6.92 Å². The van der Waals surface area contributed by atoms with Crippen molar-refractivity contribution in [1.82, 2.24) is 20.8 Å². The van der Waals surface area contributed by atoms with E-state index in [0.717, 1.165) is 31.2 Å². The summed E-state index contributed by atoms with van der Waals surface area (Å²) < 4.78 is 10.3. The lowest BCUT2D eigenvalue weighted by Crippen LogP contribution is -2.38. The maximum absolute atomic E-state index is 5.27. The molecule has 0 aliphatic heterocycles. The van der Waals surface area contributed by atoms with Gasteiger partial charge in [0.1, 0.15) is 12.3 Å². The highest BCUT2D eigenvalue weighted by Gasteiger charge is 2.03. The molecule has 0 saturated heterocycles. The Morgan fingerprint density at radius 2 is 2.30 bits per heavy atom. The number of aliphatic imine (C=N–C) groups is 1. The fourth-order valence-corrected chi connectivity index (χ4v) is 1.65. The van der Waals surface area contributed by atoms with E-state index in [-0.39, 0.29) is 0 Å². The van der Waals surface area contributed by atoms with Crippen LogP contribution in [0.2, 0.25) is 0 Å². The Morgan fingerprint density at radius 1 is 1.40 bits per heavy atom. The van der Waals surface area contributed by atoms with Gasteiger partial charge in [0.05, 0.1) is 6.26 Å². The normalized spacial score (nSPS) is 11.6. The summed E-state index contributed by atoms with van der Waals surface area (Å²) in [5.41, 5.74) is 0. The first-order valence-corrected chi connectivity index (χ1v) is 6.61. The van der Waals surface area contributed by atoms with E-state index in [1.54, 1.807) is 13.2 Å². The summed E-state index contributed by atoms with van der Waals surface area (Å²) in [6, 6.07) is 3.83. The Kier molecular flexibility index (Phi) is 5.16. The lowest BCUT2D eigenvalue weighted by Gasteiger charge is -2.09. The highest BCUT2D eigenvalue weighted by Crippen LogP contribution is 2.00. The maximum atomic E-state index is 5.27. The van der Waals surface area contributed by atoms with E-state index >= 15 is 0 Å². The highest BCUT2D eigenvalue weighted by molar-refractivity contribution is 5.79. The van der Waals surface area contributed by atoms with Crippen LogP contribution >= 0.6 is 0 Å². The summed E-state index contributed by atoms with van der Waals surface area (Å²) in [6.45, 7) is 5.68. The topological polar surface area (TPSA) is 88.5 Å². The molecule has 0 unspecified atom stereocenters. The first-order valence-electron chi connectivity index (χ1n) is 6.61. The van der Waals surface area contributed by atoms with E-state index in [1.807, 2.05) is 19.1 Å². The zero-order valence-electron chi connectivity index (χ0n) is 11.7. The van der Waals surface area contributed by atoms with Gasteiger partial charge in [-0.05, 0) is 26.0 Å². The quantitative estimate of drug-likeness (QED) is 0.610. The van der Waals surface area contributed by atoms with Gasteiger partial charge in [-0.2, -0.15) is 4.98 Å². The minimum Gasteiger partial charge on any atom is -0.469 e. The second-order valence-electron chi connectivity index (χ2n) is 4.19. The Labute approximate surface area is 117 Å². The SMILES string of the molecule is CCNC(=NCc1nc(C)no1)NCCc1ccco1. The summed E-state index contributed by atoms with van der Waals surface area (Å²) in [5, 5.41) is 10.1. The zero-order valence-corrected chi connectivity index (χ0v) is 11.7. The molecular formula is C13H19N5O2. The molecule has 7 nitrogen and oxygen atoms in total. The molecule has 0 aliphatic rings. The van der Waals surface area contributed by atoms with E-state index < -0.39 is 0 Å². The monoisotopic (exact) mass is 277 g/mol. The molecule has 2 N–H and O–H groups in total. The van der Waals surface area contributed by atoms with Crippen LogP contribution in [0.1, 0.15) is 24.4 Å². The Bertz CT molecular complexity index is 533. The number of guanidine groups is 1. The Balaban J connectivity index is 1.82. The van der Waals surface area contributed by atoms with Gasteiger partial charge in [-0.25, -0.2) is 4.99 Å². The van der Waals surface area contributed by atoms with Gasteiger partial charge in [-0.15, -0.1) is 0 Å². The van der Waals surface area contributed by atoms with Crippen LogP contribution in [0.25, 0.3) is 0 Å². The molecule has 0 spiro atoms. The highest BCUT2D eigenvalue weighted by atomic mass is 16.5. The molecule has 2 aromatic heterocycles. The number of aryl methyl sites for hydroxylation is 1. The minimum absolute atomic E-state index is 0.358. The van der Waals surface area contributed by atoms with Gasteiger partial charge in [-0.1, -0.05) is 5.16 Å². The molecule has 108 valence electrons. The summed E-state index contributed by atoms with van der Waals surface area (Å²) in [5.74, 6) is 2.78. The molecule has 0 saturated carbocycles. The molecule has 0 bridgehead atoms. The van der Waals surface area contributed by atoms with E-state index in [9.17, 15) is 0 Å². The molecule has 0 atom stereocenters. The number of hydrogen-bond acceptors (Lipinski definition) is 5. The van der Waals surface area contributed by atoms with E-state index in [0.29, 0.717) is 18.3 Å². The predicted octanol–water partition coefficient (Wildman–Crippen LogP) is 1.27. The fourth-order valence-electron chi connectivity index (χ4n) is 1.65. The number of aromatic nitrogens is 2. The van der Waals surface area contributed by atoms with Crippen molar-refractivity contribution in [3.05, 3.63) is 35.9 Å². The molecule has 0 aromatic carbocycles. The van der Waals surface area contributed by atoms with Gasteiger partial charge >= 0.3 is 0 Å². The second-order valence-corrected chi connectivity index (χ2v) is 4.19. The van der Waals surface area contributed by atoms with Gasteiger partial charge in [0, 0.05) is 19.5 Å². The third-order valence-corrected chi connectivity index (χ3v) is 2.53. The van der Waals surface area contributed by atoms with Crippen LogP contribution in [0.5, 0.6) is 0 Å². The van der Waals surface area contributed by atoms with Gasteiger partial charge < -0.3 is 19.6 Å². The molecule has 0 fully saturated rings. The molecule has 2 heterocycles. The maximum Gasteiger partial charge on any atom is 0.248 e. The molecule has 2 aromatic rings. The summed E-state index contributed by atoms with van der Waals surface area (Å²) in [6.07, 6.45) is 2.48. The van der Waals surface area contributed by atoms with Crippen molar-refractivity contribution in [1.29, 1.82) is 0 Å². The predicted molar refractivity (Wildman–Crippen MR) is 74.3 cm³/mol. The van der Waals surface area contributed by atoms with Crippen molar-refractivity contribution in [2.24, 2.45) is 4.99 Å². The van der Waals surface area contributed by atoms with Crippen LogP contribution in [0.3, 0.4) is 0 Å². The van der Waals surface area contributed by atoms with Gasteiger partial charge in [0.25, 0.3) is 0 Å². The van der Waals surface area contributed by atoms with Gasteiger partial charge in [0.2, 0.25) is 5.89 Å². The van der Waals surface area contributed by atoms with Crippen molar-refractivity contribution in [2.45, 2.75) is 26.8 Å². The first-order chi connectivity index (χ1) is 9.78. The van der Waals surface area contributed by atoms with Crippen LogP contribution in [0.15, 0.2) is 32.3 Å². The van der Waals surface area contributed by atoms with Crippen molar-refractivity contribution in [3.8, 4) is 0 Å². The average Bonchev–Trinajstić information content (AvgIpc) is 3.07.